The number of allylic oxidation sites excluding steroid dienone is 2. The van der Waals surface area contributed by atoms with E-state index in [1.165, 1.54) is 92.6 Å². The third-order valence-electron chi connectivity index (χ3n) is 12.9. The molecule has 2 aliphatic rings. The van der Waals surface area contributed by atoms with Crippen LogP contribution in [0.1, 0.15) is 119 Å². The summed E-state index contributed by atoms with van der Waals surface area (Å²) in [6.07, 6.45) is 14.5. The topological polar surface area (TPSA) is 62.5 Å². The number of benzene rings is 4. The van der Waals surface area contributed by atoms with E-state index in [0.717, 1.165) is 45.2 Å². The van der Waals surface area contributed by atoms with Gasteiger partial charge in [-0.1, -0.05) is 92.1 Å². The van der Waals surface area contributed by atoms with Crippen molar-refractivity contribution in [3.05, 3.63) is 165 Å². The summed E-state index contributed by atoms with van der Waals surface area (Å²) in [5.41, 5.74) is 12.4. The molecule has 10 rings (SSSR count). The maximum atomic E-state index is 12.1. The highest BCUT2D eigenvalue weighted by Crippen LogP contribution is 2.47. The molecule has 4 heterocycles. The van der Waals surface area contributed by atoms with Gasteiger partial charge in [-0.05, 0) is 140 Å². The van der Waals surface area contributed by atoms with Gasteiger partial charge in [-0.3, -0.25) is 9.59 Å². The largest absolute Gasteiger partial charge is 0.489 e. The number of carbonyl (C=O) groups is 2. The minimum Gasteiger partial charge on any atom is -0.489 e. The van der Waals surface area contributed by atoms with Crippen LogP contribution in [0.15, 0.2) is 133 Å². The molecule has 0 saturated heterocycles. The summed E-state index contributed by atoms with van der Waals surface area (Å²) in [5.74, 6) is 2.99. The van der Waals surface area contributed by atoms with Gasteiger partial charge >= 0.3 is 0 Å². The van der Waals surface area contributed by atoms with Gasteiger partial charge in [-0.15, -0.1) is 22.7 Å². The molecule has 64 heavy (non-hydrogen) atoms. The SMILES string of the molecule is CC(=O)c1cc2c(s1)c(C1C=CCCC1)c(-c1ccc(OCc3ccccc3)cc1)n2C.CC(=O)c1cc2c(s1)c(C1CCCCC1)c(-c1ccc(OCc3ccccc3)cc1)n2C. The smallest absolute Gasteiger partial charge is 0.169 e. The van der Waals surface area contributed by atoms with Gasteiger partial charge in [0.2, 0.25) is 0 Å². The number of hydrogen-bond acceptors (Lipinski definition) is 6. The van der Waals surface area contributed by atoms with Crippen LogP contribution >= 0.6 is 22.7 Å². The number of Topliss-reactive ketones (excluding diaryl/α,β-unsaturated/α-hetero) is 2. The summed E-state index contributed by atoms with van der Waals surface area (Å²) < 4.78 is 19.1. The monoisotopic (exact) mass is 884 g/mol. The molecule has 0 N–H and O–H groups in total. The number of hydrogen-bond donors (Lipinski definition) is 0. The molecule has 326 valence electrons. The zero-order valence-electron chi connectivity index (χ0n) is 37.3. The van der Waals surface area contributed by atoms with Crippen LogP contribution in [-0.4, -0.2) is 20.7 Å². The van der Waals surface area contributed by atoms with Gasteiger partial charge in [-0.2, -0.15) is 0 Å². The third-order valence-corrected chi connectivity index (χ3v) is 15.4. The molecule has 8 heteroatoms. The normalized spacial score (nSPS) is 15.3. The minimum absolute atomic E-state index is 0.137. The number of ketones is 2. The van der Waals surface area contributed by atoms with Crippen molar-refractivity contribution >= 4 is 54.7 Å². The second-order valence-corrected chi connectivity index (χ2v) is 19.4. The Kier molecular flexibility index (Phi) is 13.1. The number of thiophene rings is 2. The quantitative estimate of drug-likeness (QED) is 0.0906. The molecule has 1 atom stereocenters. The van der Waals surface area contributed by atoms with Crippen LogP contribution in [0, 0.1) is 0 Å². The molecule has 2 aliphatic carbocycles. The fraction of sp³-hybridized carbons (Fsp3) is 0.286. The maximum Gasteiger partial charge on any atom is 0.169 e. The highest BCUT2D eigenvalue weighted by Gasteiger charge is 2.28. The number of nitrogens with zero attached hydrogens (tertiary/aromatic N) is 2. The zero-order chi connectivity index (χ0) is 44.2. The molecule has 0 aliphatic heterocycles. The predicted molar refractivity (Wildman–Crippen MR) is 266 cm³/mol. The number of rotatable bonds is 12. The minimum atomic E-state index is 0.137. The molecule has 0 amide bonds. The summed E-state index contributed by atoms with van der Waals surface area (Å²) >= 11 is 3.30. The average Bonchev–Trinajstić information content (AvgIpc) is 4.10. The van der Waals surface area contributed by atoms with E-state index in [1.807, 2.05) is 36.4 Å². The first-order valence-corrected chi connectivity index (χ1v) is 24.3. The lowest BCUT2D eigenvalue weighted by molar-refractivity contribution is 0.101. The molecule has 1 saturated carbocycles. The summed E-state index contributed by atoms with van der Waals surface area (Å²) in [7, 11) is 4.25. The molecule has 0 radical (unpaired) electrons. The standard InChI is InChI=1S/C28H29NO2S.C28H27NO2S/c2*1-19(30)25-17-24-28(32-25)26(21-11-7-4-8-12-21)27(29(24)2)22-13-15-23(16-14-22)31-18-20-9-5-3-6-10-20/h3,5-6,9-10,13-17,21H,4,7-8,11-12,18H2,1-2H3;3,5-7,9-11,13-17,21H,4,8,12,18H2,1-2H3. The van der Waals surface area contributed by atoms with E-state index in [4.69, 9.17) is 9.47 Å². The highest BCUT2D eigenvalue weighted by atomic mass is 32.1. The van der Waals surface area contributed by atoms with Crippen LogP contribution in [0.25, 0.3) is 42.9 Å². The van der Waals surface area contributed by atoms with Crippen LogP contribution < -0.4 is 9.47 Å². The van der Waals surface area contributed by atoms with Gasteiger partial charge in [0.05, 0.1) is 41.6 Å². The van der Waals surface area contributed by atoms with Crippen molar-refractivity contribution in [2.45, 2.75) is 90.3 Å². The Labute approximate surface area is 384 Å². The third kappa shape index (κ3) is 9.17. The lowest BCUT2D eigenvalue weighted by Gasteiger charge is -2.23. The van der Waals surface area contributed by atoms with E-state index in [-0.39, 0.29) is 11.6 Å². The van der Waals surface area contributed by atoms with Crippen LogP contribution in [-0.2, 0) is 27.3 Å². The van der Waals surface area contributed by atoms with Crippen molar-refractivity contribution < 1.29 is 19.1 Å². The number of fused-ring (bicyclic) bond motifs is 2. The number of carbonyl (C=O) groups excluding carboxylic acids is 2. The Bertz CT molecular complexity index is 2910. The highest BCUT2D eigenvalue weighted by molar-refractivity contribution is 7.21. The Morgan fingerprint density at radius 3 is 1.50 bits per heavy atom. The molecule has 8 aromatic rings. The average molecular weight is 885 g/mol. The number of aryl methyl sites for hydroxylation is 2. The lowest BCUT2D eigenvalue weighted by atomic mass is 9.83. The van der Waals surface area contributed by atoms with Crippen molar-refractivity contribution in [1.82, 2.24) is 9.13 Å². The molecule has 0 bridgehead atoms. The van der Waals surface area contributed by atoms with Crippen molar-refractivity contribution in [2.75, 3.05) is 0 Å². The molecule has 0 spiro atoms. The molecule has 4 aromatic carbocycles. The van der Waals surface area contributed by atoms with E-state index < -0.39 is 0 Å². The first-order chi connectivity index (χ1) is 31.2. The fourth-order valence-corrected chi connectivity index (χ4v) is 12.0. The second-order valence-electron chi connectivity index (χ2n) is 17.3. The van der Waals surface area contributed by atoms with Gasteiger partial charge in [0, 0.05) is 25.6 Å². The number of aromatic nitrogens is 2. The van der Waals surface area contributed by atoms with E-state index in [9.17, 15) is 9.59 Å². The molecule has 4 aromatic heterocycles. The van der Waals surface area contributed by atoms with Crippen LogP contribution in [0.3, 0.4) is 0 Å². The van der Waals surface area contributed by atoms with Crippen molar-refractivity contribution in [3.8, 4) is 34.0 Å². The lowest BCUT2D eigenvalue weighted by Crippen LogP contribution is -2.06. The summed E-state index contributed by atoms with van der Waals surface area (Å²) in [6.45, 7) is 4.45. The summed E-state index contributed by atoms with van der Waals surface area (Å²) in [6, 6.07) is 41.5. The summed E-state index contributed by atoms with van der Waals surface area (Å²) in [5, 5.41) is 0. The van der Waals surface area contributed by atoms with Gasteiger partial charge < -0.3 is 18.6 Å². The van der Waals surface area contributed by atoms with Crippen LogP contribution in [0.5, 0.6) is 11.5 Å². The van der Waals surface area contributed by atoms with Crippen molar-refractivity contribution in [3.63, 3.8) is 0 Å². The van der Waals surface area contributed by atoms with Gasteiger partial charge in [0.15, 0.2) is 11.6 Å². The van der Waals surface area contributed by atoms with Crippen LogP contribution in [0.4, 0.5) is 0 Å². The zero-order valence-corrected chi connectivity index (χ0v) is 38.9. The van der Waals surface area contributed by atoms with Crippen molar-refractivity contribution in [1.29, 1.82) is 0 Å². The fourth-order valence-electron chi connectivity index (χ4n) is 9.58. The number of ether oxygens (including phenoxy) is 2. The van der Waals surface area contributed by atoms with Gasteiger partial charge in [0.25, 0.3) is 0 Å². The van der Waals surface area contributed by atoms with Crippen LogP contribution in [0.2, 0.25) is 0 Å². The Balaban J connectivity index is 0.000000162. The molecular weight excluding hydrogens is 829 g/mol. The van der Waals surface area contributed by atoms with E-state index in [0.29, 0.717) is 25.0 Å². The van der Waals surface area contributed by atoms with E-state index >= 15 is 0 Å². The Morgan fingerprint density at radius 2 is 1.05 bits per heavy atom. The van der Waals surface area contributed by atoms with E-state index in [2.05, 4.69) is 120 Å². The van der Waals surface area contributed by atoms with E-state index in [1.54, 1.807) is 36.5 Å². The Hall–Kier alpha value is -5.96. The first kappa shape index (κ1) is 43.3. The maximum absolute atomic E-state index is 12.1. The molecule has 1 fully saturated rings. The van der Waals surface area contributed by atoms with Crippen molar-refractivity contribution in [2.24, 2.45) is 14.1 Å². The molecule has 6 nitrogen and oxygen atoms in total. The first-order valence-electron chi connectivity index (χ1n) is 22.7. The second kappa shape index (κ2) is 19.4. The molecule has 1 unspecified atom stereocenters. The Morgan fingerprint density at radius 1 is 0.578 bits per heavy atom. The van der Waals surface area contributed by atoms with Gasteiger partial charge in [0.1, 0.15) is 24.7 Å². The predicted octanol–water partition coefficient (Wildman–Crippen LogP) is 15.2. The summed E-state index contributed by atoms with van der Waals surface area (Å²) in [4.78, 5) is 25.8. The molecular formula is C56H56N2O4S2. The van der Waals surface area contributed by atoms with Gasteiger partial charge in [-0.25, -0.2) is 0 Å².